The van der Waals surface area contributed by atoms with E-state index in [0.29, 0.717) is 12.6 Å². The van der Waals surface area contributed by atoms with Crippen LogP contribution < -0.4 is 11.1 Å². The Balaban J connectivity index is 2.78. The van der Waals surface area contributed by atoms with Gasteiger partial charge in [-0.2, -0.15) is 0 Å². The molecular weight excluding hydrogens is 212 g/mol. The van der Waals surface area contributed by atoms with Crippen LogP contribution in [0.1, 0.15) is 59.3 Å². The molecule has 0 spiro atoms. The van der Waals surface area contributed by atoms with E-state index in [-0.39, 0.29) is 17.6 Å². The summed E-state index contributed by atoms with van der Waals surface area (Å²) in [6, 6.07) is 0.390. The van der Waals surface area contributed by atoms with Crippen molar-refractivity contribution in [3.63, 3.8) is 0 Å². The molecule has 2 unspecified atom stereocenters. The molecule has 0 aromatic rings. The van der Waals surface area contributed by atoms with E-state index in [4.69, 9.17) is 10.8 Å². The van der Waals surface area contributed by atoms with E-state index in [1.54, 1.807) is 0 Å². The van der Waals surface area contributed by atoms with Crippen molar-refractivity contribution in [2.75, 3.05) is 13.2 Å². The molecule has 0 aromatic carbocycles. The number of hydrogen-bond acceptors (Lipinski definition) is 3. The average Bonchev–Trinajstić information content (AvgIpc) is 2.31. The predicted molar refractivity (Wildman–Crippen MR) is 73.0 cm³/mol. The van der Waals surface area contributed by atoms with E-state index in [1.165, 1.54) is 25.7 Å². The van der Waals surface area contributed by atoms with E-state index in [2.05, 4.69) is 26.1 Å². The van der Waals surface area contributed by atoms with Crippen molar-refractivity contribution in [2.24, 2.45) is 11.1 Å². The molecule has 0 amide bonds. The summed E-state index contributed by atoms with van der Waals surface area (Å²) in [6.07, 6.45) is 6.87. The summed E-state index contributed by atoms with van der Waals surface area (Å²) in [4.78, 5) is 0. The summed E-state index contributed by atoms with van der Waals surface area (Å²) in [5, 5.41) is 12.9. The lowest BCUT2D eigenvalue weighted by atomic mass is 9.62. The van der Waals surface area contributed by atoms with E-state index in [1.807, 2.05) is 0 Å². The van der Waals surface area contributed by atoms with Crippen molar-refractivity contribution in [1.82, 2.24) is 5.32 Å². The lowest BCUT2D eigenvalue weighted by molar-refractivity contribution is 0.0530. The van der Waals surface area contributed by atoms with Gasteiger partial charge < -0.3 is 16.2 Å². The maximum Gasteiger partial charge on any atom is 0.0445 e. The molecule has 1 rings (SSSR count). The lowest BCUT2D eigenvalue weighted by Crippen LogP contribution is -2.64. The van der Waals surface area contributed by atoms with E-state index in [9.17, 15) is 0 Å². The zero-order valence-corrected chi connectivity index (χ0v) is 11.8. The largest absolute Gasteiger partial charge is 0.396 e. The minimum absolute atomic E-state index is 0.0566. The molecule has 2 atom stereocenters. The third kappa shape index (κ3) is 3.21. The van der Waals surface area contributed by atoms with Crippen molar-refractivity contribution < 1.29 is 5.11 Å². The summed E-state index contributed by atoms with van der Waals surface area (Å²) in [7, 11) is 0. The third-order valence-corrected chi connectivity index (χ3v) is 4.75. The Kier molecular flexibility index (Phi) is 5.42. The molecule has 1 saturated carbocycles. The first kappa shape index (κ1) is 14.9. The molecule has 0 heterocycles. The topological polar surface area (TPSA) is 58.3 Å². The molecule has 102 valence electrons. The van der Waals surface area contributed by atoms with Crippen LogP contribution in [0.3, 0.4) is 0 Å². The highest BCUT2D eigenvalue weighted by Crippen LogP contribution is 2.43. The zero-order valence-electron chi connectivity index (χ0n) is 11.8. The first-order valence-electron chi connectivity index (χ1n) is 7.10. The van der Waals surface area contributed by atoms with Crippen molar-refractivity contribution in [3.8, 4) is 0 Å². The molecule has 1 aliphatic rings. The number of hydrogen-bond donors (Lipinski definition) is 3. The Labute approximate surface area is 106 Å². The monoisotopic (exact) mass is 242 g/mol. The zero-order chi connectivity index (χ0) is 12.9. The first-order valence-corrected chi connectivity index (χ1v) is 7.10. The van der Waals surface area contributed by atoms with Gasteiger partial charge in [-0.25, -0.2) is 0 Å². The van der Waals surface area contributed by atoms with Gasteiger partial charge in [0.15, 0.2) is 0 Å². The molecule has 4 N–H and O–H groups in total. The summed E-state index contributed by atoms with van der Waals surface area (Å²) in [6.45, 7) is 7.79. The maximum absolute atomic E-state index is 9.11. The van der Waals surface area contributed by atoms with Crippen LogP contribution in [-0.4, -0.2) is 29.8 Å². The second kappa shape index (κ2) is 6.17. The fourth-order valence-corrected chi connectivity index (χ4v) is 3.20. The summed E-state index contributed by atoms with van der Waals surface area (Å²) >= 11 is 0. The number of nitrogens with two attached hydrogens (primary N) is 1. The third-order valence-electron chi connectivity index (χ3n) is 4.75. The quantitative estimate of drug-likeness (QED) is 0.668. The maximum atomic E-state index is 9.11. The van der Waals surface area contributed by atoms with Crippen molar-refractivity contribution in [1.29, 1.82) is 0 Å². The number of nitrogens with one attached hydrogen (secondary N) is 1. The average molecular weight is 242 g/mol. The van der Waals surface area contributed by atoms with Gasteiger partial charge in [0.2, 0.25) is 0 Å². The lowest BCUT2D eigenvalue weighted by Gasteiger charge is -2.52. The molecule has 0 aliphatic heterocycles. The van der Waals surface area contributed by atoms with E-state index >= 15 is 0 Å². The van der Waals surface area contributed by atoms with Crippen molar-refractivity contribution in [2.45, 2.75) is 70.9 Å². The highest BCUT2D eigenvalue weighted by atomic mass is 16.3. The van der Waals surface area contributed by atoms with Gasteiger partial charge in [0.1, 0.15) is 0 Å². The van der Waals surface area contributed by atoms with Gasteiger partial charge in [-0.05, 0) is 31.1 Å². The van der Waals surface area contributed by atoms with Gasteiger partial charge in [-0.3, -0.25) is 0 Å². The van der Waals surface area contributed by atoms with Crippen LogP contribution in [0.5, 0.6) is 0 Å². The number of rotatable bonds is 6. The first-order chi connectivity index (χ1) is 8.01. The molecule has 0 aromatic heterocycles. The Bertz CT molecular complexity index is 230. The fraction of sp³-hybridized carbons (Fsp3) is 1.00. The summed E-state index contributed by atoms with van der Waals surface area (Å²) < 4.78 is 0. The molecule has 0 bridgehead atoms. The Morgan fingerprint density at radius 1 is 1.29 bits per heavy atom. The van der Waals surface area contributed by atoms with E-state index < -0.39 is 0 Å². The van der Waals surface area contributed by atoms with Gasteiger partial charge in [0.05, 0.1) is 0 Å². The van der Waals surface area contributed by atoms with E-state index in [0.717, 1.165) is 12.8 Å². The van der Waals surface area contributed by atoms with Crippen LogP contribution in [0.2, 0.25) is 0 Å². The summed E-state index contributed by atoms with van der Waals surface area (Å²) in [5.74, 6) is 0. The fourth-order valence-electron chi connectivity index (χ4n) is 3.20. The minimum Gasteiger partial charge on any atom is -0.396 e. The van der Waals surface area contributed by atoms with Crippen molar-refractivity contribution >= 4 is 0 Å². The van der Waals surface area contributed by atoms with Crippen LogP contribution >= 0.6 is 0 Å². The molecule has 1 fully saturated rings. The Hall–Kier alpha value is -0.120. The highest BCUT2D eigenvalue weighted by Gasteiger charge is 2.46. The van der Waals surface area contributed by atoms with Crippen LogP contribution in [0.4, 0.5) is 0 Å². The van der Waals surface area contributed by atoms with Crippen LogP contribution in [-0.2, 0) is 0 Å². The Morgan fingerprint density at radius 2 is 1.94 bits per heavy atom. The second-order valence-corrected chi connectivity index (χ2v) is 6.14. The molecule has 0 radical (unpaired) electrons. The molecule has 1 aliphatic carbocycles. The smallest absolute Gasteiger partial charge is 0.0445 e. The normalized spacial score (nSPS) is 30.2. The minimum atomic E-state index is 0.0566. The number of aliphatic hydroxyl groups is 1. The molecule has 0 saturated heterocycles. The molecule has 3 nitrogen and oxygen atoms in total. The van der Waals surface area contributed by atoms with Gasteiger partial charge in [-0.1, -0.05) is 33.6 Å². The Morgan fingerprint density at radius 3 is 2.41 bits per heavy atom. The van der Waals surface area contributed by atoms with Crippen LogP contribution in [0.15, 0.2) is 0 Å². The standard InChI is InChI=1S/C14H30N2O/c1-4-12(7-10-17)16-14(11-15)9-6-5-8-13(14,2)3/h12,16-17H,4-11,15H2,1-3H3. The van der Waals surface area contributed by atoms with Gasteiger partial charge in [0, 0.05) is 24.7 Å². The van der Waals surface area contributed by atoms with Gasteiger partial charge in [-0.15, -0.1) is 0 Å². The van der Waals surface area contributed by atoms with Crippen LogP contribution in [0, 0.1) is 5.41 Å². The van der Waals surface area contributed by atoms with Gasteiger partial charge >= 0.3 is 0 Å². The molecular formula is C14H30N2O. The van der Waals surface area contributed by atoms with Gasteiger partial charge in [0.25, 0.3) is 0 Å². The molecule has 3 heteroatoms. The van der Waals surface area contributed by atoms with Crippen LogP contribution in [0.25, 0.3) is 0 Å². The second-order valence-electron chi connectivity index (χ2n) is 6.14. The predicted octanol–water partition coefficient (Wildman–Crippen LogP) is 2.03. The van der Waals surface area contributed by atoms with Crippen molar-refractivity contribution in [3.05, 3.63) is 0 Å². The summed E-state index contributed by atoms with van der Waals surface area (Å²) in [5.41, 5.74) is 6.40. The SMILES string of the molecule is CCC(CCO)NC1(CN)CCCCC1(C)C. The highest BCUT2D eigenvalue weighted by molar-refractivity contribution is 5.04. The molecule has 17 heavy (non-hydrogen) atoms. The number of aliphatic hydroxyl groups excluding tert-OH is 1.